The molecule has 0 aliphatic rings. The summed E-state index contributed by atoms with van der Waals surface area (Å²) in [6, 6.07) is 15.4. The van der Waals surface area contributed by atoms with Crippen LogP contribution >= 0.6 is 11.3 Å². The largest absolute Gasteiger partial charge is 0.322 e. The SMILES string of the molecule is O=C(C=Cc1ccccc1)Nc1ccc2ncsc2c1. The number of nitrogens with zero attached hydrogens (tertiary/aromatic N) is 1. The minimum absolute atomic E-state index is 0.141. The summed E-state index contributed by atoms with van der Waals surface area (Å²) in [4.78, 5) is 16.1. The lowest BCUT2D eigenvalue weighted by molar-refractivity contribution is -0.111. The van der Waals surface area contributed by atoms with Gasteiger partial charge in [0.2, 0.25) is 5.91 Å². The van der Waals surface area contributed by atoms with Crippen LogP contribution in [-0.4, -0.2) is 10.9 Å². The van der Waals surface area contributed by atoms with Gasteiger partial charge in [-0.05, 0) is 29.8 Å². The number of anilines is 1. The molecule has 4 heteroatoms. The number of carbonyl (C=O) groups is 1. The number of nitrogens with one attached hydrogen (secondary N) is 1. The molecule has 2 aromatic carbocycles. The van der Waals surface area contributed by atoms with Crippen molar-refractivity contribution in [1.29, 1.82) is 0 Å². The van der Waals surface area contributed by atoms with Gasteiger partial charge in [0.25, 0.3) is 0 Å². The number of hydrogen-bond acceptors (Lipinski definition) is 3. The number of hydrogen-bond donors (Lipinski definition) is 1. The van der Waals surface area contributed by atoms with Gasteiger partial charge >= 0.3 is 0 Å². The number of thiazole rings is 1. The minimum Gasteiger partial charge on any atom is -0.322 e. The van der Waals surface area contributed by atoms with E-state index in [1.165, 1.54) is 6.08 Å². The molecule has 0 aliphatic heterocycles. The number of carbonyl (C=O) groups excluding carboxylic acids is 1. The van der Waals surface area contributed by atoms with Gasteiger partial charge in [-0.25, -0.2) is 4.98 Å². The summed E-state index contributed by atoms with van der Waals surface area (Å²) in [7, 11) is 0. The van der Waals surface area contributed by atoms with Crippen molar-refractivity contribution in [3.63, 3.8) is 0 Å². The molecule has 3 aromatic rings. The minimum atomic E-state index is -0.141. The van der Waals surface area contributed by atoms with Crippen LogP contribution in [0.5, 0.6) is 0 Å². The number of rotatable bonds is 3. The summed E-state index contributed by atoms with van der Waals surface area (Å²) in [5.74, 6) is -0.141. The fraction of sp³-hybridized carbons (Fsp3) is 0. The third-order valence-electron chi connectivity index (χ3n) is 2.83. The molecule has 0 bridgehead atoms. The zero-order valence-corrected chi connectivity index (χ0v) is 11.4. The summed E-state index contributed by atoms with van der Waals surface area (Å²) < 4.78 is 1.06. The lowest BCUT2D eigenvalue weighted by atomic mass is 10.2. The first-order chi connectivity index (χ1) is 9.81. The van der Waals surface area contributed by atoms with E-state index in [0.29, 0.717) is 0 Å². The number of benzene rings is 2. The average Bonchev–Trinajstić information content (AvgIpc) is 2.94. The molecule has 0 fully saturated rings. The lowest BCUT2D eigenvalue weighted by Gasteiger charge is -2.01. The van der Waals surface area contributed by atoms with Crippen molar-refractivity contribution in [2.75, 3.05) is 5.32 Å². The number of fused-ring (bicyclic) bond motifs is 1. The Morgan fingerprint density at radius 3 is 2.85 bits per heavy atom. The molecule has 0 atom stereocenters. The maximum Gasteiger partial charge on any atom is 0.248 e. The van der Waals surface area contributed by atoms with Crippen LogP contribution in [0.1, 0.15) is 5.56 Å². The fourth-order valence-corrected chi connectivity index (χ4v) is 2.57. The van der Waals surface area contributed by atoms with Crippen molar-refractivity contribution in [3.05, 3.63) is 65.7 Å². The Balaban J connectivity index is 1.70. The first-order valence-electron chi connectivity index (χ1n) is 6.19. The van der Waals surface area contributed by atoms with E-state index in [4.69, 9.17) is 0 Å². The number of amides is 1. The molecule has 0 unspecified atom stereocenters. The van der Waals surface area contributed by atoms with E-state index in [9.17, 15) is 4.79 Å². The molecule has 0 radical (unpaired) electrons. The molecule has 3 nitrogen and oxygen atoms in total. The monoisotopic (exact) mass is 280 g/mol. The summed E-state index contributed by atoms with van der Waals surface area (Å²) in [6.45, 7) is 0. The Hall–Kier alpha value is -2.46. The van der Waals surface area contributed by atoms with Gasteiger partial charge in [-0.2, -0.15) is 0 Å². The van der Waals surface area contributed by atoms with Gasteiger partial charge in [-0.15, -0.1) is 11.3 Å². The van der Waals surface area contributed by atoms with Crippen molar-refractivity contribution in [2.45, 2.75) is 0 Å². The molecule has 1 heterocycles. The highest BCUT2D eigenvalue weighted by Crippen LogP contribution is 2.21. The van der Waals surface area contributed by atoms with Gasteiger partial charge in [0, 0.05) is 11.8 Å². The van der Waals surface area contributed by atoms with E-state index in [-0.39, 0.29) is 5.91 Å². The molecule has 0 saturated carbocycles. The predicted octanol–water partition coefficient (Wildman–Crippen LogP) is 3.95. The van der Waals surface area contributed by atoms with Crippen LogP contribution in [0, 0.1) is 0 Å². The molecule has 0 spiro atoms. The summed E-state index contributed by atoms with van der Waals surface area (Å²) in [5, 5.41) is 2.85. The first-order valence-corrected chi connectivity index (χ1v) is 7.06. The Morgan fingerprint density at radius 1 is 1.15 bits per heavy atom. The van der Waals surface area contributed by atoms with E-state index in [1.807, 2.05) is 48.5 Å². The maximum absolute atomic E-state index is 11.8. The Labute approximate surface area is 120 Å². The third kappa shape index (κ3) is 2.92. The standard InChI is InChI=1S/C16H12N2OS/c19-16(9-6-12-4-2-1-3-5-12)18-13-7-8-14-15(10-13)20-11-17-14/h1-11H,(H,18,19). The van der Waals surface area contributed by atoms with Gasteiger partial charge in [-0.3, -0.25) is 4.79 Å². The van der Waals surface area contributed by atoms with Gasteiger partial charge in [0.05, 0.1) is 15.7 Å². The van der Waals surface area contributed by atoms with Gasteiger partial charge in [-0.1, -0.05) is 30.3 Å². The predicted molar refractivity (Wildman–Crippen MR) is 83.7 cm³/mol. The van der Waals surface area contributed by atoms with Crippen LogP contribution in [0.4, 0.5) is 5.69 Å². The van der Waals surface area contributed by atoms with Gasteiger partial charge in [0.15, 0.2) is 0 Å². The summed E-state index contributed by atoms with van der Waals surface area (Å²) in [5.41, 5.74) is 4.53. The maximum atomic E-state index is 11.8. The quantitative estimate of drug-likeness (QED) is 0.738. The molecule has 1 N–H and O–H groups in total. The Kier molecular flexibility index (Phi) is 3.56. The highest BCUT2D eigenvalue weighted by Gasteiger charge is 2.01. The van der Waals surface area contributed by atoms with E-state index in [0.717, 1.165) is 21.5 Å². The van der Waals surface area contributed by atoms with Crippen molar-refractivity contribution < 1.29 is 4.79 Å². The van der Waals surface area contributed by atoms with Gasteiger partial charge in [0.1, 0.15) is 0 Å². The second kappa shape index (κ2) is 5.67. The highest BCUT2D eigenvalue weighted by molar-refractivity contribution is 7.16. The van der Waals surface area contributed by atoms with E-state index in [1.54, 1.807) is 22.9 Å². The molecular formula is C16H12N2OS. The molecular weight excluding hydrogens is 268 g/mol. The van der Waals surface area contributed by atoms with Crippen LogP contribution in [0.2, 0.25) is 0 Å². The summed E-state index contributed by atoms with van der Waals surface area (Å²) in [6.07, 6.45) is 3.33. The number of aromatic nitrogens is 1. The van der Waals surface area contributed by atoms with E-state index < -0.39 is 0 Å². The van der Waals surface area contributed by atoms with Crippen LogP contribution < -0.4 is 5.32 Å². The Morgan fingerprint density at radius 2 is 2.00 bits per heavy atom. The second-order valence-electron chi connectivity index (χ2n) is 4.27. The van der Waals surface area contributed by atoms with Crippen LogP contribution in [0.15, 0.2) is 60.1 Å². The van der Waals surface area contributed by atoms with Crippen molar-refractivity contribution >= 4 is 39.2 Å². The van der Waals surface area contributed by atoms with E-state index >= 15 is 0 Å². The normalized spacial score (nSPS) is 11.0. The second-order valence-corrected chi connectivity index (χ2v) is 5.15. The molecule has 1 aromatic heterocycles. The highest BCUT2D eigenvalue weighted by atomic mass is 32.1. The van der Waals surface area contributed by atoms with Gasteiger partial charge < -0.3 is 5.32 Å². The molecule has 98 valence electrons. The fourth-order valence-electron chi connectivity index (χ4n) is 1.85. The average molecular weight is 280 g/mol. The zero-order chi connectivity index (χ0) is 13.8. The zero-order valence-electron chi connectivity index (χ0n) is 10.6. The molecule has 3 rings (SSSR count). The summed E-state index contributed by atoms with van der Waals surface area (Å²) >= 11 is 1.56. The van der Waals surface area contributed by atoms with Crippen molar-refractivity contribution in [2.24, 2.45) is 0 Å². The molecule has 0 aliphatic carbocycles. The third-order valence-corrected chi connectivity index (χ3v) is 3.62. The molecule has 20 heavy (non-hydrogen) atoms. The topological polar surface area (TPSA) is 42.0 Å². The Bertz CT molecular complexity index is 762. The lowest BCUT2D eigenvalue weighted by Crippen LogP contribution is -2.07. The molecule has 1 amide bonds. The van der Waals surface area contributed by atoms with Crippen molar-refractivity contribution in [3.8, 4) is 0 Å². The van der Waals surface area contributed by atoms with E-state index in [2.05, 4.69) is 10.3 Å². The molecule has 0 saturated heterocycles. The smallest absolute Gasteiger partial charge is 0.248 e. The van der Waals surface area contributed by atoms with Crippen LogP contribution in [0.3, 0.4) is 0 Å². The van der Waals surface area contributed by atoms with Crippen molar-refractivity contribution in [1.82, 2.24) is 4.98 Å². The first kappa shape index (κ1) is 12.6. The van der Waals surface area contributed by atoms with Crippen LogP contribution in [-0.2, 0) is 4.79 Å². The van der Waals surface area contributed by atoms with Crippen LogP contribution in [0.25, 0.3) is 16.3 Å².